The molecule has 8 fully saturated rings. The number of benzene rings is 2. The van der Waals surface area contributed by atoms with Gasteiger partial charge < -0.3 is 15.1 Å². The second kappa shape index (κ2) is 8.68. The molecule has 0 atom stereocenters. The number of hydrogen-bond acceptors (Lipinski definition) is 4. The van der Waals surface area contributed by atoms with Crippen LogP contribution in [0.1, 0.15) is 77.0 Å². The molecule has 0 unspecified atom stereocenters. The van der Waals surface area contributed by atoms with E-state index in [-0.39, 0.29) is 22.6 Å². The highest BCUT2D eigenvalue weighted by molar-refractivity contribution is 5.98. The Morgan fingerprint density at radius 3 is 1.66 bits per heavy atom. The van der Waals surface area contributed by atoms with E-state index in [9.17, 15) is 9.59 Å². The number of rotatable bonds is 5. The molecule has 2 N–H and O–H groups in total. The molecule has 3 aromatic rings. The fourth-order valence-corrected chi connectivity index (χ4v) is 11.2. The van der Waals surface area contributed by atoms with Gasteiger partial charge in [-0.1, -0.05) is 6.07 Å². The molecule has 212 valence electrons. The molecule has 8 saturated carbocycles. The first-order chi connectivity index (χ1) is 19.9. The zero-order chi connectivity index (χ0) is 27.3. The fraction of sp³-hybridized carbons (Fsp3) is 0.571. The van der Waals surface area contributed by atoms with E-state index in [1.54, 1.807) is 0 Å². The molecule has 0 saturated heterocycles. The quantitative estimate of drug-likeness (QED) is 0.340. The highest BCUT2D eigenvalue weighted by atomic mass is 16.3. The van der Waals surface area contributed by atoms with E-state index >= 15 is 0 Å². The van der Waals surface area contributed by atoms with Crippen molar-refractivity contribution in [3.63, 3.8) is 0 Å². The van der Waals surface area contributed by atoms with Crippen molar-refractivity contribution in [1.29, 1.82) is 0 Å². The zero-order valence-electron chi connectivity index (χ0n) is 23.7. The molecule has 41 heavy (non-hydrogen) atoms. The lowest BCUT2D eigenvalue weighted by molar-refractivity contribution is -0.141. The average Bonchev–Trinajstić information content (AvgIpc) is 3.35. The summed E-state index contributed by atoms with van der Waals surface area (Å²) in [4.78, 5) is 31.9. The molecule has 8 aliphatic carbocycles. The first kappa shape index (κ1) is 24.4. The molecular formula is C35H39N3O3. The van der Waals surface area contributed by atoms with Crippen molar-refractivity contribution < 1.29 is 14.0 Å². The number of carbonyl (C=O) groups excluding carboxylic acids is 2. The van der Waals surface area contributed by atoms with Gasteiger partial charge >= 0.3 is 0 Å². The number of anilines is 2. The summed E-state index contributed by atoms with van der Waals surface area (Å²) in [5, 5.41) is 6.53. The lowest BCUT2D eigenvalue weighted by Gasteiger charge is -2.55. The predicted molar refractivity (Wildman–Crippen MR) is 158 cm³/mol. The smallest absolute Gasteiger partial charge is 0.230 e. The Labute approximate surface area is 241 Å². The van der Waals surface area contributed by atoms with E-state index in [1.807, 2.05) is 42.5 Å². The van der Waals surface area contributed by atoms with Crippen LogP contribution < -0.4 is 10.6 Å². The van der Waals surface area contributed by atoms with Crippen molar-refractivity contribution in [2.75, 3.05) is 10.6 Å². The van der Waals surface area contributed by atoms with Crippen LogP contribution in [0.4, 0.5) is 11.4 Å². The first-order valence-corrected chi connectivity index (χ1v) is 16.0. The van der Waals surface area contributed by atoms with Gasteiger partial charge in [-0.15, -0.1) is 0 Å². The molecule has 8 aliphatic rings. The van der Waals surface area contributed by atoms with Crippen LogP contribution >= 0.6 is 0 Å². The number of oxazole rings is 1. The number of nitrogens with zero attached hydrogens (tertiary/aromatic N) is 1. The molecule has 1 heterocycles. The Hall–Kier alpha value is -3.15. The van der Waals surface area contributed by atoms with Crippen LogP contribution in [0.3, 0.4) is 0 Å². The van der Waals surface area contributed by atoms with Crippen molar-refractivity contribution in [2.24, 2.45) is 46.3 Å². The highest BCUT2D eigenvalue weighted by Crippen LogP contribution is 2.61. The third-order valence-electron chi connectivity index (χ3n) is 12.1. The minimum Gasteiger partial charge on any atom is -0.436 e. The third kappa shape index (κ3) is 3.99. The van der Waals surface area contributed by atoms with Crippen molar-refractivity contribution in [1.82, 2.24) is 4.98 Å². The molecule has 6 heteroatoms. The molecule has 2 amide bonds. The molecule has 0 radical (unpaired) electrons. The summed E-state index contributed by atoms with van der Waals surface area (Å²) in [6.07, 6.45) is 14.3. The van der Waals surface area contributed by atoms with E-state index < -0.39 is 0 Å². The van der Waals surface area contributed by atoms with Gasteiger partial charge in [0.15, 0.2) is 5.58 Å². The Bertz CT molecular complexity index is 1500. The SMILES string of the molecule is O=C(Nc1cccc(-c2nc3cc(NC(=O)C45CC6CC(CC(C6)C4)C5)ccc3o2)c1)C12CC3CC(CC(C3)C1)C2. The summed E-state index contributed by atoms with van der Waals surface area (Å²) >= 11 is 0. The normalized spacial score (nSPS) is 38.0. The summed E-state index contributed by atoms with van der Waals surface area (Å²) in [5.41, 5.74) is 3.48. The Kier molecular flexibility index (Phi) is 5.18. The van der Waals surface area contributed by atoms with Crippen LogP contribution in [0.25, 0.3) is 22.6 Å². The van der Waals surface area contributed by atoms with Crippen LogP contribution in [-0.2, 0) is 9.59 Å². The van der Waals surface area contributed by atoms with Crippen LogP contribution in [0.5, 0.6) is 0 Å². The van der Waals surface area contributed by atoms with E-state index in [0.29, 0.717) is 11.5 Å². The van der Waals surface area contributed by atoms with Crippen molar-refractivity contribution in [3.8, 4) is 11.5 Å². The molecule has 0 spiro atoms. The maximum Gasteiger partial charge on any atom is 0.230 e. The fourth-order valence-electron chi connectivity index (χ4n) is 11.2. The Balaban J connectivity index is 0.928. The molecule has 2 aromatic carbocycles. The van der Waals surface area contributed by atoms with Crippen molar-refractivity contribution in [2.45, 2.75) is 77.0 Å². The molecule has 8 bridgehead atoms. The Morgan fingerprint density at radius 2 is 1.15 bits per heavy atom. The number of hydrogen-bond donors (Lipinski definition) is 2. The maximum atomic E-state index is 13.6. The van der Waals surface area contributed by atoms with E-state index in [1.165, 1.54) is 38.5 Å². The summed E-state index contributed by atoms with van der Waals surface area (Å²) in [6.45, 7) is 0. The summed E-state index contributed by atoms with van der Waals surface area (Å²) < 4.78 is 6.14. The topological polar surface area (TPSA) is 84.2 Å². The second-order valence-electron chi connectivity index (χ2n) is 15.1. The number of amides is 2. The van der Waals surface area contributed by atoms with Crippen molar-refractivity contribution in [3.05, 3.63) is 42.5 Å². The van der Waals surface area contributed by atoms with E-state index in [4.69, 9.17) is 9.40 Å². The highest BCUT2D eigenvalue weighted by Gasteiger charge is 2.55. The minimum atomic E-state index is -0.181. The van der Waals surface area contributed by atoms with E-state index in [0.717, 1.165) is 96.5 Å². The average molecular weight is 550 g/mol. The van der Waals surface area contributed by atoms with Gasteiger partial charge in [0.2, 0.25) is 17.7 Å². The number of nitrogens with one attached hydrogen (secondary N) is 2. The summed E-state index contributed by atoms with van der Waals surface area (Å²) in [7, 11) is 0. The van der Waals surface area contributed by atoms with Gasteiger partial charge in [-0.05, 0) is 149 Å². The van der Waals surface area contributed by atoms with Gasteiger partial charge in [-0.3, -0.25) is 9.59 Å². The van der Waals surface area contributed by atoms with Gasteiger partial charge in [-0.2, -0.15) is 0 Å². The van der Waals surface area contributed by atoms with E-state index in [2.05, 4.69) is 10.6 Å². The third-order valence-corrected chi connectivity index (χ3v) is 12.1. The Morgan fingerprint density at radius 1 is 0.659 bits per heavy atom. The number of fused-ring (bicyclic) bond motifs is 1. The van der Waals surface area contributed by atoms with Gasteiger partial charge in [0, 0.05) is 16.9 Å². The summed E-state index contributed by atoms with van der Waals surface area (Å²) in [6, 6.07) is 13.6. The van der Waals surface area contributed by atoms with Gasteiger partial charge in [0.1, 0.15) is 5.52 Å². The molecule has 0 aliphatic heterocycles. The zero-order valence-corrected chi connectivity index (χ0v) is 23.7. The molecule has 6 nitrogen and oxygen atoms in total. The monoisotopic (exact) mass is 549 g/mol. The standard InChI is InChI=1S/C35H39N3O3/c39-32(34-14-20-6-21(15-34)8-22(7-20)16-34)36-27-3-1-2-26(12-27)31-38-29-13-28(4-5-30(29)41-31)37-33(40)35-17-23-9-24(18-35)11-25(10-23)19-35/h1-5,12-13,20-25H,6-11,14-19H2,(H,36,39)(H,37,40). The molecule has 11 rings (SSSR count). The first-order valence-electron chi connectivity index (χ1n) is 16.0. The lowest BCUT2D eigenvalue weighted by atomic mass is 9.49. The lowest BCUT2D eigenvalue weighted by Crippen LogP contribution is -2.51. The van der Waals surface area contributed by atoms with Gasteiger partial charge in [-0.25, -0.2) is 4.98 Å². The number of carbonyl (C=O) groups is 2. The summed E-state index contributed by atoms with van der Waals surface area (Å²) in [5.74, 6) is 5.34. The van der Waals surface area contributed by atoms with Crippen LogP contribution in [0.2, 0.25) is 0 Å². The minimum absolute atomic E-state index is 0.181. The second-order valence-corrected chi connectivity index (χ2v) is 15.1. The van der Waals surface area contributed by atoms with Gasteiger partial charge in [0.25, 0.3) is 0 Å². The largest absolute Gasteiger partial charge is 0.436 e. The van der Waals surface area contributed by atoms with Crippen molar-refractivity contribution >= 4 is 34.3 Å². The van der Waals surface area contributed by atoms with Crippen LogP contribution in [0, 0.1) is 46.3 Å². The maximum absolute atomic E-state index is 13.6. The predicted octanol–water partition coefficient (Wildman–Crippen LogP) is 7.80. The molecular weight excluding hydrogens is 510 g/mol. The van der Waals surface area contributed by atoms with Crippen LogP contribution in [-0.4, -0.2) is 16.8 Å². The molecule has 1 aromatic heterocycles. The number of aromatic nitrogens is 1. The van der Waals surface area contributed by atoms with Gasteiger partial charge in [0.05, 0.1) is 10.8 Å². The van der Waals surface area contributed by atoms with Crippen LogP contribution in [0.15, 0.2) is 46.9 Å².